The van der Waals surface area contributed by atoms with Gasteiger partial charge in [0.2, 0.25) is 5.88 Å². The van der Waals surface area contributed by atoms with Crippen LogP contribution in [0.1, 0.15) is 24.1 Å². The van der Waals surface area contributed by atoms with Crippen molar-refractivity contribution in [3.8, 4) is 5.88 Å². The lowest BCUT2D eigenvalue weighted by atomic mass is 10.1. The van der Waals surface area contributed by atoms with Crippen LogP contribution in [0, 0.1) is 0 Å². The van der Waals surface area contributed by atoms with Gasteiger partial charge in [0.15, 0.2) is 27.3 Å². The van der Waals surface area contributed by atoms with Crippen molar-refractivity contribution in [1.29, 1.82) is 0 Å². The van der Waals surface area contributed by atoms with E-state index in [-0.39, 0.29) is 22.5 Å². The molecule has 1 aliphatic carbocycles. The Balaban J connectivity index is 1.40. The monoisotopic (exact) mass is 512 g/mol. The van der Waals surface area contributed by atoms with Crippen LogP contribution in [-0.2, 0) is 26.1 Å². The smallest absolute Gasteiger partial charge is 0.280 e. The van der Waals surface area contributed by atoms with Crippen LogP contribution in [0.25, 0.3) is 10.3 Å². The van der Waals surface area contributed by atoms with Crippen LogP contribution in [0.2, 0.25) is 0 Å². The molecule has 0 atom stereocenters. The number of thiazole rings is 1. The third-order valence-corrected chi connectivity index (χ3v) is 8.39. The fourth-order valence-electron chi connectivity index (χ4n) is 3.25. The SMILES string of the molecule is COc1ccc2nc(NC(=O)C(=NOCc3ccn[nH]3)c3ccc(S(=O)(=O)C4CC4)cc3)sc2n1. The molecule has 0 radical (unpaired) electrons. The fraction of sp³-hybridized carbons (Fsp3) is 0.227. The van der Waals surface area contributed by atoms with E-state index in [2.05, 4.69) is 30.6 Å². The number of fused-ring (bicyclic) bond motifs is 1. The minimum Gasteiger partial charge on any atom is -0.481 e. The molecule has 4 aromatic rings. The summed E-state index contributed by atoms with van der Waals surface area (Å²) < 4.78 is 30.2. The molecule has 2 N–H and O–H groups in total. The molecule has 13 heteroatoms. The van der Waals surface area contributed by atoms with Crippen LogP contribution in [0.3, 0.4) is 0 Å². The summed E-state index contributed by atoms with van der Waals surface area (Å²) in [4.78, 5) is 28.1. The average molecular weight is 513 g/mol. The number of H-pyrrole nitrogens is 1. The number of amides is 1. The summed E-state index contributed by atoms with van der Waals surface area (Å²) in [6, 6.07) is 11.2. The first-order valence-corrected chi connectivity index (χ1v) is 13.0. The van der Waals surface area contributed by atoms with Crippen molar-refractivity contribution >= 4 is 48.3 Å². The van der Waals surface area contributed by atoms with Gasteiger partial charge in [0.1, 0.15) is 10.3 Å². The Labute approximate surface area is 204 Å². The quantitative estimate of drug-likeness (QED) is 0.257. The number of rotatable bonds is 9. The summed E-state index contributed by atoms with van der Waals surface area (Å²) in [5.41, 5.74) is 1.63. The van der Waals surface area contributed by atoms with Crippen molar-refractivity contribution in [3.05, 3.63) is 59.9 Å². The van der Waals surface area contributed by atoms with Crippen molar-refractivity contribution in [2.75, 3.05) is 12.4 Å². The highest BCUT2D eigenvalue weighted by atomic mass is 32.2. The van der Waals surface area contributed by atoms with Gasteiger partial charge in [0, 0.05) is 17.8 Å². The lowest BCUT2D eigenvalue weighted by molar-refractivity contribution is -0.110. The van der Waals surface area contributed by atoms with E-state index in [1.54, 1.807) is 24.4 Å². The summed E-state index contributed by atoms with van der Waals surface area (Å²) in [5, 5.41) is 13.3. The number of nitrogens with zero attached hydrogens (tertiary/aromatic N) is 4. The maximum atomic E-state index is 13.2. The van der Waals surface area contributed by atoms with Gasteiger partial charge in [0.05, 0.1) is 22.9 Å². The number of nitrogens with one attached hydrogen (secondary N) is 2. The Bertz CT molecular complexity index is 1490. The topological polar surface area (TPSA) is 149 Å². The molecule has 1 saturated carbocycles. The molecule has 3 aromatic heterocycles. The summed E-state index contributed by atoms with van der Waals surface area (Å²) >= 11 is 1.18. The highest BCUT2D eigenvalue weighted by molar-refractivity contribution is 7.92. The van der Waals surface area contributed by atoms with Crippen LogP contribution >= 0.6 is 11.3 Å². The summed E-state index contributed by atoms with van der Waals surface area (Å²) in [6.07, 6.45) is 2.91. The number of aromatic amines is 1. The Kier molecular flexibility index (Phi) is 6.17. The van der Waals surface area contributed by atoms with E-state index >= 15 is 0 Å². The molecule has 180 valence electrons. The van der Waals surface area contributed by atoms with Gasteiger partial charge >= 0.3 is 0 Å². The Hall–Kier alpha value is -3.84. The van der Waals surface area contributed by atoms with Gasteiger partial charge in [-0.3, -0.25) is 15.2 Å². The number of methoxy groups -OCH3 is 1. The number of carbonyl (C=O) groups excluding carboxylic acids is 1. The number of sulfone groups is 1. The van der Waals surface area contributed by atoms with Crippen LogP contribution < -0.4 is 10.1 Å². The van der Waals surface area contributed by atoms with Crippen LogP contribution in [0.4, 0.5) is 5.13 Å². The molecular weight excluding hydrogens is 492 g/mol. The number of hydrogen-bond acceptors (Lipinski definition) is 10. The van der Waals surface area contributed by atoms with Crippen LogP contribution in [-0.4, -0.2) is 52.6 Å². The second-order valence-electron chi connectivity index (χ2n) is 7.71. The van der Waals surface area contributed by atoms with Gasteiger partial charge < -0.3 is 9.57 Å². The maximum Gasteiger partial charge on any atom is 0.280 e. The van der Waals surface area contributed by atoms with Crippen LogP contribution in [0.5, 0.6) is 5.88 Å². The predicted molar refractivity (Wildman–Crippen MR) is 129 cm³/mol. The van der Waals surface area contributed by atoms with E-state index in [1.165, 1.54) is 42.7 Å². The lowest BCUT2D eigenvalue weighted by Crippen LogP contribution is -2.24. The Morgan fingerprint density at radius 2 is 1.97 bits per heavy atom. The third-order valence-electron chi connectivity index (χ3n) is 5.23. The van der Waals surface area contributed by atoms with Gasteiger partial charge in [0.25, 0.3) is 5.91 Å². The highest BCUT2D eigenvalue weighted by Gasteiger charge is 2.36. The minimum atomic E-state index is -3.35. The summed E-state index contributed by atoms with van der Waals surface area (Å²) in [6.45, 7) is 0.0653. The van der Waals surface area contributed by atoms with Crippen LogP contribution in [0.15, 0.2) is 58.7 Å². The zero-order chi connectivity index (χ0) is 24.4. The minimum absolute atomic E-state index is 0.0373. The normalized spacial score (nSPS) is 14.1. The fourth-order valence-corrected chi connectivity index (χ4v) is 5.74. The molecule has 3 heterocycles. The third kappa shape index (κ3) is 5.00. The lowest BCUT2D eigenvalue weighted by Gasteiger charge is -2.08. The number of aromatic nitrogens is 4. The zero-order valence-corrected chi connectivity index (χ0v) is 20.1. The molecule has 35 heavy (non-hydrogen) atoms. The van der Waals surface area contributed by atoms with Gasteiger partial charge in [-0.05, 0) is 37.1 Å². The van der Waals surface area contributed by atoms with Crippen molar-refractivity contribution in [1.82, 2.24) is 20.2 Å². The molecule has 1 aromatic carbocycles. The molecule has 1 fully saturated rings. The average Bonchev–Trinajstić information content (AvgIpc) is 3.46. The van der Waals surface area contributed by atoms with Gasteiger partial charge in [-0.15, -0.1) is 0 Å². The van der Waals surface area contributed by atoms with Gasteiger partial charge in [-0.1, -0.05) is 28.6 Å². The number of carbonyl (C=O) groups is 1. The molecule has 0 saturated heterocycles. The molecular formula is C22H20N6O5S2. The summed E-state index contributed by atoms with van der Waals surface area (Å²) in [7, 11) is -1.83. The molecule has 0 bridgehead atoms. The van der Waals surface area contributed by atoms with Crippen molar-refractivity contribution in [2.45, 2.75) is 29.6 Å². The first kappa shape index (κ1) is 22.9. The number of oxime groups is 1. The standard InChI is InChI=1S/C22H20N6O5S2/c1-32-18-9-8-17-21(25-18)34-22(24-17)26-20(29)19(28-33-12-14-10-11-23-27-14)13-2-4-15(5-3-13)35(30,31)16-6-7-16/h2-5,8-11,16H,6-7,12H2,1H3,(H,23,27)(H,24,26,29). The Morgan fingerprint density at radius 3 is 2.66 bits per heavy atom. The molecule has 0 aliphatic heterocycles. The second kappa shape index (κ2) is 9.43. The Morgan fingerprint density at radius 1 is 1.17 bits per heavy atom. The molecule has 5 rings (SSSR count). The molecule has 1 aliphatic rings. The zero-order valence-electron chi connectivity index (χ0n) is 18.5. The second-order valence-corrected chi connectivity index (χ2v) is 10.9. The van der Waals surface area contributed by atoms with E-state index in [1.807, 2.05) is 0 Å². The highest BCUT2D eigenvalue weighted by Crippen LogP contribution is 2.33. The predicted octanol–water partition coefficient (Wildman–Crippen LogP) is 2.92. The van der Waals surface area contributed by atoms with E-state index in [0.29, 0.717) is 45.5 Å². The number of pyridine rings is 1. The van der Waals surface area contributed by atoms with Crippen molar-refractivity contribution in [2.24, 2.45) is 5.16 Å². The van der Waals surface area contributed by atoms with Gasteiger partial charge in [-0.25, -0.2) is 18.4 Å². The number of benzene rings is 1. The van der Waals surface area contributed by atoms with E-state index < -0.39 is 15.7 Å². The van der Waals surface area contributed by atoms with Crippen molar-refractivity contribution < 1.29 is 22.8 Å². The largest absolute Gasteiger partial charge is 0.481 e. The number of ether oxygens (including phenoxy) is 1. The summed E-state index contributed by atoms with van der Waals surface area (Å²) in [5.74, 6) is -0.131. The molecule has 1 amide bonds. The first-order valence-electron chi connectivity index (χ1n) is 10.6. The van der Waals surface area contributed by atoms with E-state index in [4.69, 9.17) is 9.57 Å². The van der Waals surface area contributed by atoms with Crippen molar-refractivity contribution in [3.63, 3.8) is 0 Å². The van der Waals surface area contributed by atoms with E-state index in [0.717, 1.165) is 0 Å². The first-order chi connectivity index (χ1) is 16.9. The molecule has 0 unspecified atom stereocenters. The molecule has 0 spiro atoms. The molecule has 11 nitrogen and oxygen atoms in total. The van der Waals surface area contributed by atoms with Gasteiger partial charge in [-0.2, -0.15) is 5.10 Å². The maximum absolute atomic E-state index is 13.2. The number of hydrogen-bond donors (Lipinski definition) is 2. The number of anilines is 1. The van der Waals surface area contributed by atoms with E-state index in [9.17, 15) is 13.2 Å².